The average molecular weight is 328 g/mol. The highest BCUT2D eigenvalue weighted by Gasteiger charge is 2.44. The minimum absolute atomic E-state index is 0.0321. The molecule has 2 unspecified atom stereocenters. The summed E-state index contributed by atoms with van der Waals surface area (Å²) in [5, 5.41) is 0. The third-order valence-electron chi connectivity index (χ3n) is 5.21. The van der Waals surface area contributed by atoms with Gasteiger partial charge in [0.05, 0.1) is 30.8 Å². The van der Waals surface area contributed by atoms with Gasteiger partial charge in [0.1, 0.15) is 0 Å². The van der Waals surface area contributed by atoms with Gasteiger partial charge in [0.2, 0.25) is 5.95 Å². The number of piperidine rings is 1. The van der Waals surface area contributed by atoms with Crippen molar-refractivity contribution in [1.29, 1.82) is 0 Å². The molecular formula is C18H24N4O2. The predicted molar refractivity (Wildman–Crippen MR) is 90.7 cm³/mol. The molecule has 2 fully saturated rings. The molecule has 0 radical (unpaired) electrons. The van der Waals surface area contributed by atoms with Crippen LogP contribution in [-0.4, -0.2) is 53.3 Å². The van der Waals surface area contributed by atoms with E-state index in [1.54, 1.807) is 18.7 Å². The minimum atomic E-state index is -0.0321. The van der Waals surface area contributed by atoms with E-state index in [1.165, 1.54) is 12.0 Å². The Labute approximate surface area is 142 Å². The van der Waals surface area contributed by atoms with Crippen molar-refractivity contribution >= 4 is 5.95 Å². The maximum absolute atomic E-state index is 6.32. The number of likely N-dealkylation sites (N-methyl/N-ethyl adjacent to an activating group) is 1. The molecule has 2 aromatic rings. The Balaban J connectivity index is 1.41. The summed E-state index contributed by atoms with van der Waals surface area (Å²) in [6.45, 7) is 3.79. The highest BCUT2D eigenvalue weighted by Crippen LogP contribution is 2.37. The lowest BCUT2D eigenvalue weighted by molar-refractivity contribution is -0.0533. The van der Waals surface area contributed by atoms with Crippen LogP contribution in [0.5, 0.6) is 0 Å². The lowest BCUT2D eigenvalue weighted by Crippen LogP contribution is -2.48. The van der Waals surface area contributed by atoms with Crippen molar-refractivity contribution in [1.82, 2.24) is 14.9 Å². The molecule has 2 atom stereocenters. The summed E-state index contributed by atoms with van der Waals surface area (Å²) < 4.78 is 11.5. The van der Waals surface area contributed by atoms with Crippen LogP contribution in [0, 0.1) is 0 Å². The molecule has 2 aliphatic heterocycles. The second-order valence-corrected chi connectivity index (χ2v) is 6.96. The number of likely N-dealkylation sites (tertiary alicyclic amines) is 1. The van der Waals surface area contributed by atoms with Gasteiger partial charge in [-0.15, -0.1) is 0 Å². The zero-order chi connectivity index (χ0) is 16.4. The first kappa shape index (κ1) is 15.6. The Kier molecular flexibility index (Phi) is 4.24. The van der Waals surface area contributed by atoms with Crippen molar-refractivity contribution in [3.63, 3.8) is 0 Å². The van der Waals surface area contributed by atoms with Crippen LogP contribution in [0.25, 0.3) is 0 Å². The largest absolute Gasteiger partial charge is 0.472 e. The van der Waals surface area contributed by atoms with Crippen LogP contribution in [0.1, 0.15) is 24.8 Å². The van der Waals surface area contributed by atoms with Crippen molar-refractivity contribution in [2.45, 2.75) is 37.5 Å². The molecule has 4 rings (SSSR count). The van der Waals surface area contributed by atoms with Gasteiger partial charge in [0, 0.05) is 44.5 Å². The summed E-state index contributed by atoms with van der Waals surface area (Å²) in [7, 11) is 2.06. The van der Waals surface area contributed by atoms with Gasteiger partial charge in [0.25, 0.3) is 0 Å². The van der Waals surface area contributed by atoms with Crippen LogP contribution in [0.15, 0.2) is 41.5 Å². The molecule has 24 heavy (non-hydrogen) atoms. The Morgan fingerprint density at radius 3 is 3.04 bits per heavy atom. The number of hydrogen-bond acceptors (Lipinski definition) is 6. The molecule has 0 amide bonds. The second-order valence-electron chi connectivity index (χ2n) is 6.96. The third-order valence-corrected chi connectivity index (χ3v) is 5.21. The number of furan rings is 1. The van der Waals surface area contributed by atoms with Crippen LogP contribution >= 0.6 is 0 Å². The van der Waals surface area contributed by atoms with E-state index in [-0.39, 0.29) is 5.60 Å². The van der Waals surface area contributed by atoms with E-state index in [0.29, 0.717) is 6.04 Å². The van der Waals surface area contributed by atoms with E-state index in [2.05, 4.69) is 26.8 Å². The maximum atomic E-state index is 6.32. The SMILES string of the molecule is CN(c1ncccn1)C1COC2(CCCN(Cc3ccoc3)C2)C1. The number of nitrogens with zero attached hydrogens (tertiary/aromatic N) is 4. The van der Waals surface area contributed by atoms with E-state index in [0.717, 1.165) is 45.0 Å². The van der Waals surface area contributed by atoms with Gasteiger partial charge >= 0.3 is 0 Å². The lowest BCUT2D eigenvalue weighted by Gasteiger charge is -2.39. The Bertz CT molecular complexity index is 648. The highest BCUT2D eigenvalue weighted by atomic mass is 16.5. The average Bonchev–Trinajstić information content (AvgIpc) is 3.26. The summed E-state index contributed by atoms with van der Waals surface area (Å²) in [4.78, 5) is 13.4. The Morgan fingerprint density at radius 2 is 2.25 bits per heavy atom. The molecule has 6 heteroatoms. The van der Waals surface area contributed by atoms with E-state index in [4.69, 9.17) is 9.15 Å². The van der Waals surface area contributed by atoms with Crippen LogP contribution in [-0.2, 0) is 11.3 Å². The van der Waals surface area contributed by atoms with Crippen molar-refractivity contribution in [2.75, 3.05) is 31.6 Å². The van der Waals surface area contributed by atoms with Gasteiger partial charge < -0.3 is 14.1 Å². The smallest absolute Gasteiger partial charge is 0.225 e. The molecule has 128 valence electrons. The van der Waals surface area contributed by atoms with Crippen LogP contribution < -0.4 is 4.90 Å². The van der Waals surface area contributed by atoms with Gasteiger partial charge in [-0.3, -0.25) is 4.90 Å². The third kappa shape index (κ3) is 3.16. The molecule has 0 N–H and O–H groups in total. The lowest BCUT2D eigenvalue weighted by atomic mass is 9.88. The molecular weight excluding hydrogens is 304 g/mol. The summed E-state index contributed by atoms with van der Waals surface area (Å²) in [5.74, 6) is 0.772. The molecule has 2 aliphatic rings. The van der Waals surface area contributed by atoms with Gasteiger partial charge in [-0.05, 0) is 31.5 Å². The number of hydrogen-bond donors (Lipinski definition) is 0. The second kappa shape index (κ2) is 6.53. The molecule has 0 aliphatic carbocycles. The summed E-state index contributed by atoms with van der Waals surface area (Å²) in [6.07, 6.45) is 10.5. The molecule has 1 spiro atoms. The topological polar surface area (TPSA) is 54.6 Å². The van der Waals surface area contributed by atoms with Crippen molar-refractivity contribution < 1.29 is 9.15 Å². The van der Waals surface area contributed by atoms with Crippen molar-refractivity contribution in [3.05, 3.63) is 42.6 Å². The maximum Gasteiger partial charge on any atom is 0.225 e. The number of ether oxygens (including phenoxy) is 1. The summed E-state index contributed by atoms with van der Waals surface area (Å²) in [5.41, 5.74) is 1.20. The predicted octanol–water partition coefficient (Wildman–Crippen LogP) is 2.33. The zero-order valence-corrected chi connectivity index (χ0v) is 14.1. The van der Waals surface area contributed by atoms with Crippen LogP contribution in [0.3, 0.4) is 0 Å². The first-order valence-electron chi connectivity index (χ1n) is 8.61. The Morgan fingerprint density at radius 1 is 1.38 bits per heavy atom. The monoisotopic (exact) mass is 328 g/mol. The molecule has 4 heterocycles. The molecule has 6 nitrogen and oxygen atoms in total. The first-order valence-corrected chi connectivity index (χ1v) is 8.61. The van der Waals surface area contributed by atoms with Crippen LogP contribution in [0.4, 0.5) is 5.95 Å². The quantitative estimate of drug-likeness (QED) is 0.859. The van der Waals surface area contributed by atoms with Crippen molar-refractivity contribution in [3.8, 4) is 0 Å². The number of aromatic nitrogens is 2. The molecule has 0 aromatic carbocycles. The fourth-order valence-corrected chi connectivity index (χ4v) is 3.96. The molecule has 0 bridgehead atoms. The van der Waals surface area contributed by atoms with E-state index >= 15 is 0 Å². The van der Waals surface area contributed by atoms with Crippen LogP contribution in [0.2, 0.25) is 0 Å². The number of rotatable bonds is 4. The Hall–Kier alpha value is -1.92. The van der Waals surface area contributed by atoms with E-state index in [1.807, 2.05) is 18.4 Å². The van der Waals surface area contributed by atoms with Gasteiger partial charge in [-0.2, -0.15) is 0 Å². The van der Waals surface area contributed by atoms with Gasteiger partial charge in [-0.1, -0.05) is 0 Å². The fourth-order valence-electron chi connectivity index (χ4n) is 3.96. The molecule has 2 aromatic heterocycles. The standard InChI is InChI=1S/C18H24N4O2/c1-21(17-19-6-3-7-20-17)16-10-18(24-13-16)5-2-8-22(14-18)11-15-4-9-23-12-15/h3-4,6-7,9,12,16H,2,5,8,10-11,13-14H2,1H3. The first-order chi connectivity index (χ1) is 11.7. The molecule has 2 saturated heterocycles. The van der Waals surface area contributed by atoms with Crippen molar-refractivity contribution in [2.24, 2.45) is 0 Å². The van der Waals surface area contributed by atoms with Gasteiger partial charge in [0.15, 0.2) is 0 Å². The summed E-state index contributed by atoms with van der Waals surface area (Å²) >= 11 is 0. The van der Waals surface area contributed by atoms with E-state index < -0.39 is 0 Å². The van der Waals surface area contributed by atoms with Gasteiger partial charge in [-0.25, -0.2) is 9.97 Å². The number of anilines is 1. The normalized spacial score (nSPS) is 27.6. The minimum Gasteiger partial charge on any atom is -0.472 e. The zero-order valence-electron chi connectivity index (χ0n) is 14.1. The fraction of sp³-hybridized carbons (Fsp3) is 0.556. The highest BCUT2D eigenvalue weighted by molar-refractivity contribution is 5.30. The molecule has 0 saturated carbocycles. The summed E-state index contributed by atoms with van der Waals surface area (Å²) in [6, 6.07) is 4.22. The van der Waals surface area contributed by atoms with E-state index in [9.17, 15) is 0 Å².